The molecule has 0 aliphatic carbocycles. The van der Waals surface area contributed by atoms with Gasteiger partial charge in [-0.15, -0.1) is 0 Å². The van der Waals surface area contributed by atoms with Crippen LogP contribution in [0.3, 0.4) is 0 Å². The highest BCUT2D eigenvalue weighted by molar-refractivity contribution is 7.97. The molecular weight excluding hydrogens is 778 g/mol. The van der Waals surface area contributed by atoms with Gasteiger partial charge < -0.3 is 23.7 Å². The van der Waals surface area contributed by atoms with E-state index in [0.29, 0.717) is 14.7 Å². The van der Waals surface area contributed by atoms with E-state index in [2.05, 4.69) is 0 Å². The second-order valence-electron chi connectivity index (χ2n) is 12.5. The number of ether oxygens (including phenoxy) is 5. The molecule has 0 bridgehead atoms. The van der Waals surface area contributed by atoms with Gasteiger partial charge in [-0.2, -0.15) is 52.3 Å². The summed E-state index contributed by atoms with van der Waals surface area (Å²) in [5.41, 5.74) is 0.186. The number of rotatable bonds is 9. The highest BCUT2D eigenvalue weighted by atomic mass is 32.2. The van der Waals surface area contributed by atoms with Crippen molar-refractivity contribution in [1.29, 1.82) is 0 Å². The van der Waals surface area contributed by atoms with Gasteiger partial charge in [-0.25, -0.2) is 0 Å². The van der Waals surface area contributed by atoms with Gasteiger partial charge in [0.2, 0.25) is 0 Å². The third-order valence-electron chi connectivity index (χ3n) is 8.60. The second kappa shape index (κ2) is 13.9. The van der Waals surface area contributed by atoms with E-state index in [9.17, 15) is 52.3 Å². The number of hydrogen-bond donors (Lipinski definition) is 1. The van der Waals surface area contributed by atoms with E-state index in [4.69, 9.17) is 28.2 Å². The molecule has 3 aromatic carbocycles. The predicted octanol–water partition coefficient (Wildman–Crippen LogP) is 8.01. The van der Waals surface area contributed by atoms with Gasteiger partial charge in [-0.1, -0.05) is 0 Å². The molecule has 2 aliphatic heterocycles. The molecule has 2 saturated heterocycles. The molecule has 0 radical (unpaired) electrons. The lowest BCUT2D eigenvalue weighted by Gasteiger charge is -2.28. The first-order valence-corrected chi connectivity index (χ1v) is 18.0. The van der Waals surface area contributed by atoms with Gasteiger partial charge in [-0.3, -0.25) is 4.55 Å². The molecule has 0 spiro atoms. The van der Waals surface area contributed by atoms with Crippen molar-refractivity contribution >= 4 is 21.0 Å². The molecular formula is C33H31F10O8S2+. The highest BCUT2D eigenvalue weighted by Gasteiger charge is 2.61. The summed E-state index contributed by atoms with van der Waals surface area (Å²) in [4.78, 5) is 1.44. The first-order valence-electron chi connectivity index (χ1n) is 15.4. The molecule has 8 nitrogen and oxygen atoms in total. The van der Waals surface area contributed by atoms with E-state index >= 15 is 0 Å². The first kappa shape index (κ1) is 41.0. The minimum atomic E-state index is -5.82. The van der Waals surface area contributed by atoms with Gasteiger partial charge >= 0.3 is 39.1 Å². The molecule has 1 unspecified atom stereocenters. The quantitative estimate of drug-likeness (QED) is 0.132. The summed E-state index contributed by atoms with van der Waals surface area (Å²) in [6.07, 6.45) is -2.31. The van der Waals surface area contributed by atoms with Crippen LogP contribution < -0.4 is 4.74 Å². The van der Waals surface area contributed by atoms with E-state index in [0.717, 1.165) is 6.92 Å². The zero-order valence-corrected chi connectivity index (χ0v) is 29.4. The van der Waals surface area contributed by atoms with Gasteiger partial charge in [0.15, 0.2) is 32.4 Å². The fourth-order valence-corrected chi connectivity index (χ4v) is 7.59. The topological polar surface area (TPSA) is 101 Å². The van der Waals surface area contributed by atoms with Crippen LogP contribution in [0.4, 0.5) is 43.9 Å². The SMILES string of the molecule is CC(Oc1ccc([S+](c2ccc(C3(C)OCC(F)(F)C(F)(F)CO3)cc2)c2ccc(C3(C)OCC(F)(F)C(F)(F)CO3)cc2)cc1)C(F)(F)S(=O)(=O)O. The number of hydrogen-bond acceptors (Lipinski definition) is 7. The maximum Gasteiger partial charge on any atom is 0.405 e. The van der Waals surface area contributed by atoms with E-state index in [1.54, 1.807) is 0 Å². The van der Waals surface area contributed by atoms with Crippen LogP contribution in [0, 0.1) is 0 Å². The van der Waals surface area contributed by atoms with Gasteiger partial charge in [0.05, 0.1) is 10.9 Å². The van der Waals surface area contributed by atoms with Crippen molar-refractivity contribution in [3.05, 3.63) is 83.9 Å². The summed E-state index contributed by atoms with van der Waals surface area (Å²) in [5, 5.41) is -4.65. The van der Waals surface area contributed by atoms with Crippen LogP contribution in [0.25, 0.3) is 0 Å². The molecule has 2 fully saturated rings. The van der Waals surface area contributed by atoms with Gasteiger partial charge in [0.25, 0.3) is 0 Å². The van der Waals surface area contributed by atoms with Crippen molar-refractivity contribution in [2.24, 2.45) is 0 Å². The van der Waals surface area contributed by atoms with Crippen LogP contribution in [0.15, 0.2) is 87.5 Å². The molecule has 1 N–H and O–H groups in total. The Morgan fingerprint density at radius 2 is 0.906 bits per heavy atom. The molecule has 2 aliphatic rings. The van der Waals surface area contributed by atoms with Crippen LogP contribution >= 0.6 is 0 Å². The Bertz CT molecular complexity index is 1750. The summed E-state index contributed by atoms with van der Waals surface area (Å²) >= 11 is 0. The standard InChI is InChI=1S/C33H30F10O8S2/c1-20(33(42,43)53(44,45)46)51-23-8-14-26(15-9-23)52(24-10-4-21(5-11-24)27(2)47-16-29(34,35)30(36,37)17-48-27)25-12-6-22(7-13-25)28(3)49-18-31(38,39)32(40,41)19-50-28/h4-15,20H,16-19H2,1-3H3/p+1. The van der Waals surface area contributed by atoms with Crippen LogP contribution in [-0.4, -0.2) is 74.4 Å². The molecule has 0 saturated carbocycles. The second-order valence-corrected chi connectivity index (χ2v) is 16.0. The third kappa shape index (κ3) is 7.99. The van der Waals surface area contributed by atoms with Crippen LogP contribution in [0.1, 0.15) is 31.9 Å². The average molecular weight is 810 g/mol. The molecule has 3 aromatic rings. The number of benzene rings is 3. The zero-order valence-electron chi connectivity index (χ0n) is 27.7. The predicted molar refractivity (Wildman–Crippen MR) is 166 cm³/mol. The van der Waals surface area contributed by atoms with Crippen LogP contribution in [0.2, 0.25) is 0 Å². The summed E-state index contributed by atoms with van der Waals surface area (Å²) in [6.45, 7) is -3.45. The fraction of sp³-hybridized carbons (Fsp3) is 0.455. The summed E-state index contributed by atoms with van der Waals surface area (Å²) in [7, 11) is -6.98. The van der Waals surface area contributed by atoms with Crippen molar-refractivity contribution in [2.75, 3.05) is 26.4 Å². The molecule has 0 aromatic heterocycles. The summed E-state index contributed by atoms with van der Waals surface area (Å²) < 4.78 is 197. The Morgan fingerprint density at radius 1 is 0.623 bits per heavy atom. The largest absolute Gasteiger partial charge is 0.483 e. The zero-order chi connectivity index (χ0) is 39.5. The van der Waals surface area contributed by atoms with Gasteiger partial charge in [-0.05, 0) is 93.6 Å². The Balaban J connectivity index is 1.49. The van der Waals surface area contributed by atoms with Crippen LogP contribution in [-0.2, 0) is 51.5 Å². The fourth-order valence-electron chi connectivity index (χ4n) is 5.08. The number of alkyl halides is 10. The minimum Gasteiger partial charge on any atom is -0.483 e. The van der Waals surface area contributed by atoms with E-state index < -0.39 is 94.1 Å². The molecule has 53 heavy (non-hydrogen) atoms. The summed E-state index contributed by atoms with van der Waals surface area (Å²) in [6, 6.07) is 16.9. The first-order chi connectivity index (χ1) is 24.2. The smallest absolute Gasteiger partial charge is 0.405 e. The third-order valence-corrected chi connectivity index (χ3v) is 11.9. The van der Waals surface area contributed by atoms with E-state index in [-0.39, 0.29) is 16.9 Å². The number of halogens is 10. The van der Waals surface area contributed by atoms with Crippen molar-refractivity contribution in [1.82, 2.24) is 0 Å². The monoisotopic (exact) mass is 809 g/mol. The Labute approximate surface area is 299 Å². The van der Waals surface area contributed by atoms with Gasteiger partial charge in [0.1, 0.15) is 32.2 Å². The lowest BCUT2D eigenvalue weighted by Crippen LogP contribution is -2.45. The van der Waals surface area contributed by atoms with Crippen molar-refractivity contribution < 1.29 is 80.6 Å². The lowest BCUT2D eigenvalue weighted by molar-refractivity contribution is -0.233. The maximum atomic E-state index is 14.1. The van der Waals surface area contributed by atoms with Crippen molar-refractivity contribution in [2.45, 2.75) is 82.1 Å². The lowest BCUT2D eigenvalue weighted by atomic mass is 10.1. The Kier molecular flexibility index (Phi) is 10.7. The minimum absolute atomic E-state index is 0.0929. The maximum absolute atomic E-state index is 14.1. The summed E-state index contributed by atoms with van der Waals surface area (Å²) in [5.74, 6) is -22.3. The van der Waals surface area contributed by atoms with Crippen LogP contribution in [0.5, 0.6) is 5.75 Å². The normalized spacial score (nSPS) is 22.7. The molecule has 2 heterocycles. The Hall–Kier alpha value is -3.14. The Morgan fingerprint density at radius 3 is 1.19 bits per heavy atom. The average Bonchev–Trinajstić information content (AvgIpc) is 3.22. The highest BCUT2D eigenvalue weighted by Crippen LogP contribution is 2.45. The molecule has 1 atom stereocenters. The molecule has 0 amide bonds. The molecule has 20 heteroatoms. The van der Waals surface area contributed by atoms with E-state index in [1.807, 2.05) is 0 Å². The van der Waals surface area contributed by atoms with Crippen molar-refractivity contribution in [3.63, 3.8) is 0 Å². The molecule has 292 valence electrons. The van der Waals surface area contributed by atoms with Crippen molar-refractivity contribution in [3.8, 4) is 5.75 Å². The van der Waals surface area contributed by atoms with Gasteiger partial charge in [0, 0.05) is 11.1 Å². The van der Waals surface area contributed by atoms with E-state index in [1.165, 1.54) is 86.6 Å². The molecule has 5 rings (SSSR count).